The van der Waals surface area contributed by atoms with Crippen LogP contribution in [0.2, 0.25) is 0 Å². The zero-order valence-corrected chi connectivity index (χ0v) is 12.7. The van der Waals surface area contributed by atoms with Crippen LogP contribution in [0.25, 0.3) is 0 Å². The second-order valence-corrected chi connectivity index (χ2v) is 6.31. The summed E-state index contributed by atoms with van der Waals surface area (Å²) >= 11 is 0. The van der Waals surface area contributed by atoms with Crippen LogP contribution in [0.4, 0.5) is 0 Å². The molecule has 0 aromatic carbocycles. The van der Waals surface area contributed by atoms with Gasteiger partial charge in [0.05, 0.1) is 6.61 Å². The lowest BCUT2D eigenvalue weighted by Crippen LogP contribution is -2.55. The molecule has 0 spiro atoms. The third-order valence-corrected chi connectivity index (χ3v) is 5.23. The van der Waals surface area contributed by atoms with E-state index in [4.69, 9.17) is 5.73 Å². The van der Waals surface area contributed by atoms with Gasteiger partial charge in [-0.3, -0.25) is 4.90 Å². The third kappa shape index (κ3) is 3.46. The normalized spacial score (nSPS) is 24.2. The fourth-order valence-electron chi connectivity index (χ4n) is 3.21. The van der Waals surface area contributed by atoms with Crippen LogP contribution in [0.3, 0.4) is 0 Å². The van der Waals surface area contributed by atoms with E-state index in [1.54, 1.807) is 0 Å². The van der Waals surface area contributed by atoms with Gasteiger partial charge in [-0.2, -0.15) is 0 Å². The van der Waals surface area contributed by atoms with Crippen LogP contribution in [-0.2, 0) is 0 Å². The summed E-state index contributed by atoms with van der Waals surface area (Å²) in [6.45, 7) is 11.3. The Morgan fingerprint density at radius 2 is 1.67 bits per heavy atom. The molecule has 2 unspecified atom stereocenters. The number of aliphatic hydroxyl groups is 1. The number of aliphatic hydroxyl groups excluding tert-OH is 1. The van der Waals surface area contributed by atoms with Gasteiger partial charge in [-0.15, -0.1) is 0 Å². The molecule has 3 heteroatoms. The third-order valence-electron chi connectivity index (χ3n) is 5.23. The van der Waals surface area contributed by atoms with E-state index in [1.807, 2.05) is 0 Å². The number of nitrogens with two attached hydrogens (primary N) is 1. The van der Waals surface area contributed by atoms with Gasteiger partial charge in [0.25, 0.3) is 0 Å². The average Bonchev–Trinajstić information content (AvgIpc) is 2.40. The van der Waals surface area contributed by atoms with Gasteiger partial charge in [0.1, 0.15) is 0 Å². The van der Waals surface area contributed by atoms with Crippen molar-refractivity contribution >= 4 is 0 Å². The molecule has 0 aliphatic carbocycles. The summed E-state index contributed by atoms with van der Waals surface area (Å²) in [6, 6.07) is 0.211. The standard InChI is InChI=1S/C15H32N2O/c1-5-15(6-2)7-9-17(10-8-15)13(11-18)14(16)12(3)4/h12-14,18H,5-11,16H2,1-4H3. The van der Waals surface area contributed by atoms with Gasteiger partial charge < -0.3 is 10.8 Å². The van der Waals surface area contributed by atoms with Gasteiger partial charge in [-0.25, -0.2) is 0 Å². The minimum Gasteiger partial charge on any atom is -0.395 e. The maximum atomic E-state index is 9.62. The molecule has 1 heterocycles. The maximum absolute atomic E-state index is 9.62. The van der Waals surface area contributed by atoms with Crippen molar-refractivity contribution in [3.8, 4) is 0 Å². The molecule has 0 bridgehead atoms. The number of likely N-dealkylation sites (tertiary alicyclic amines) is 1. The largest absolute Gasteiger partial charge is 0.395 e. The molecule has 3 nitrogen and oxygen atoms in total. The zero-order valence-electron chi connectivity index (χ0n) is 12.7. The van der Waals surface area contributed by atoms with Gasteiger partial charge >= 0.3 is 0 Å². The van der Waals surface area contributed by atoms with Crippen LogP contribution >= 0.6 is 0 Å². The predicted molar refractivity (Wildman–Crippen MR) is 77.5 cm³/mol. The first-order chi connectivity index (χ1) is 8.49. The molecule has 1 fully saturated rings. The fraction of sp³-hybridized carbons (Fsp3) is 1.00. The molecular formula is C15H32N2O. The second-order valence-electron chi connectivity index (χ2n) is 6.31. The van der Waals surface area contributed by atoms with Gasteiger partial charge in [-0.05, 0) is 37.3 Å². The molecule has 0 aromatic heterocycles. The van der Waals surface area contributed by atoms with Gasteiger partial charge in [0.15, 0.2) is 0 Å². The molecule has 1 aliphatic heterocycles. The summed E-state index contributed by atoms with van der Waals surface area (Å²) in [6.07, 6.45) is 5.05. The summed E-state index contributed by atoms with van der Waals surface area (Å²) in [5, 5.41) is 9.62. The van der Waals surface area contributed by atoms with E-state index in [1.165, 1.54) is 25.7 Å². The number of nitrogens with zero attached hydrogens (tertiary/aromatic N) is 1. The second kappa shape index (κ2) is 6.88. The van der Waals surface area contributed by atoms with E-state index in [9.17, 15) is 5.11 Å². The summed E-state index contributed by atoms with van der Waals surface area (Å²) in [5.74, 6) is 0.422. The van der Waals surface area contributed by atoms with Crippen LogP contribution in [0.15, 0.2) is 0 Å². The van der Waals surface area contributed by atoms with Gasteiger partial charge in [0.2, 0.25) is 0 Å². The predicted octanol–water partition coefficient (Wildman–Crippen LogP) is 2.23. The highest BCUT2D eigenvalue weighted by molar-refractivity contribution is 4.90. The lowest BCUT2D eigenvalue weighted by molar-refractivity contribution is 0.0274. The zero-order chi connectivity index (χ0) is 13.8. The molecule has 18 heavy (non-hydrogen) atoms. The number of hydrogen-bond donors (Lipinski definition) is 2. The Kier molecular flexibility index (Phi) is 6.09. The Labute approximate surface area is 113 Å². The summed E-state index contributed by atoms with van der Waals surface area (Å²) in [4.78, 5) is 2.41. The topological polar surface area (TPSA) is 49.5 Å². The molecule has 1 aliphatic rings. The van der Waals surface area contributed by atoms with Crippen molar-refractivity contribution in [2.75, 3.05) is 19.7 Å². The Morgan fingerprint density at radius 1 is 1.17 bits per heavy atom. The summed E-state index contributed by atoms with van der Waals surface area (Å²) in [7, 11) is 0. The number of piperidine rings is 1. The molecular weight excluding hydrogens is 224 g/mol. The maximum Gasteiger partial charge on any atom is 0.0602 e. The van der Waals surface area contributed by atoms with Crippen LogP contribution in [0, 0.1) is 11.3 Å². The van der Waals surface area contributed by atoms with E-state index in [0.717, 1.165) is 13.1 Å². The van der Waals surface area contributed by atoms with Crippen molar-refractivity contribution in [3.63, 3.8) is 0 Å². The summed E-state index contributed by atoms with van der Waals surface area (Å²) in [5.41, 5.74) is 6.77. The minimum atomic E-state index is 0.0748. The van der Waals surface area contributed by atoms with Crippen LogP contribution in [0.5, 0.6) is 0 Å². The molecule has 0 saturated carbocycles. The van der Waals surface area contributed by atoms with Crippen molar-refractivity contribution in [2.24, 2.45) is 17.1 Å². The lowest BCUT2D eigenvalue weighted by Gasteiger charge is -2.45. The minimum absolute atomic E-state index is 0.0748. The Bertz CT molecular complexity index is 229. The van der Waals surface area contributed by atoms with Crippen molar-refractivity contribution in [3.05, 3.63) is 0 Å². The molecule has 1 saturated heterocycles. The van der Waals surface area contributed by atoms with Crippen LogP contribution < -0.4 is 5.73 Å². The molecule has 3 N–H and O–H groups in total. The van der Waals surface area contributed by atoms with Crippen molar-refractivity contribution in [2.45, 2.75) is 65.5 Å². The van der Waals surface area contributed by atoms with Crippen molar-refractivity contribution in [1.82, 2.24) is 4.90 Å². The monoisotopic (exact) mass is 256 g/mol. The van der Waals surface area contributed by atoms with Crippen molar-refractivity contribution < 1.29 is 5.11 Å². The summed E-state index contributed by atoms with van der Waals surface area (Å²) < 4.78 is 0. The highest BCUT2D eigenvalue weighted by Crippen LogP contribution is 2.38. The lowest BCUT2D eigenvalue weighted by atomic mass is 9.73. The molecule has 0 aromatic rings. The average molecular weight is 256 g/mol. The highest BCUT2D eigenvalue weighted by Gasteiger charge is 2.35. The van der Waals surface area contributed by atoms with Gasteiger partial charge in [0, 0.05) is 12.1 Å². The Morgan fingerprint density at radius 3 is 2.00 bits per heavy atom. The fourth-order valence-corrected chi connectivity index (χ4v) is 3.21. The number of rotatable bonds is 6. The van der Waals surface area contributed by atoms with E-state index < -0.39 is 0 Å². The van der Waals surface area contributed by atoms with E-state index >= 15 is 0 Å². The van der Waals surface area contributed by atoms with E-state index in [0.29, 0.717) is 11.3 Å². The molecule has 0 radical (unpaired) electrons. The molecule has 0 amide bonds. The first-order valence-corrected chi connectivity index (χ1v) is 7.60. The Balaban J connectivity index is 2.60. The van der Waals surface area contributed by atoms with E-state index in [2.05, 4.69) is 32.6 Å². The van der Waals surface area contributed by atoms with Crippen molar-refractivity contribution in [1.29, 1.82) is 0 Å². The Hall–Kier alpha value is -0.120. The molecule has 1 rings (SSSR count). The van der Waals surface area contributed by atoms with Gasteiger partial charge in [-0.1, -0.05) is 40.5 Å². The highest BCUT2D eigenvalue weighted by atomic mass is 16.3. The van der Waals surface area contributed by atoms with E-state index in [-0.39, 0.29) is 18.7 Å². The number of hydrogen-bond acceptors (Lipinski definition) is 3. The molecule has 2 atom stereocenters. The SMILES string of the molecule is CCC1(CC)CCN(C(CO)C(N)C(C)C)CC1. The first kappa shape index (κ1) is 15.9. The van der Waals surface area contributed by atoms with Crippen LogP contribution in [-0.4, -0.2) is 41.8 Å². The quantitative estimate of drug-likeness (QED) is 0.766. The first-order valence-electron chi connectivity index (χ1n) is 7.60. The molecule has 108 valence electrons. The smallest absolute Gasteiger partial charge is 0.0602 e. The van der Waals surface area contributed by atoms with Crippen LogP contribution in [0.1, 0.15) is 53.4 Å².